The standard InChI is InChI=1S/C23H23N3O3/c1-29-20-11-12-22-21(16-20)23(25-13-3-2-4-14-25)15-18(24-22)8-5-17-6-9-19(10-7-17)26(27)28/h5-12,15-16H,2-4,13-14H2,1H3/b8-5+. The fourth-order valence-electron chi connectivity index (χ4n) is 3.70. The SMILES string of the molecule is COc1ccc2nc(/C=C/c3ccc([N+](=O)[O-])cc3)cc(N3CCCCC3)c2c1. The quantitative estimate of drug-likeness (QED) is 0.437. The number of ether oxygens (including phenoxy) is 1. The summed E-state index contributed by atoms with van der Waals surface area (Å²) in [5.74, 6) is 0.826. The number of piperidine rings is 1. The molecule has 0 spiro atoms. The number of non-ortho nitro benzene ring substituents is 1. The van der Waals surface area contributed by atoms with Gasteiger partial charge in [-0.3, -0.25) is 10.1 Å². The van der Waals surface area contributed by atoms with Crippen LogP contribution in [0.25, 0.3) is 23.1 Å². The molecule has 1 aliphatic rings. The Morgan fingerprint density at radius 3 is 2.48 bits per heavy atom. The van der Waals surface area contributed by atoms with Crippen LogP contribution in [0.5, 0.6) is 5.75 Å². The molecule has 1 aromatic heterocycles. The first-order valence-electron chi connectivity index (χ1n) is 9.80. The van der Waals surface area contributed by atoms with Gasteiger partial charge in [0.25, 0.3) is 5.69 Å². The van der Waals surface area contributed by atoms with Crippen molar-refractivity contribution >= 4 is 34.4 Å². The number of rotatable bonds is 5. The molecular formula is C23H23N3O3. The lowest BCUT2D eigenvalue weighted by molar-refractivity contribution is -0.384. The number of anilines is 1. The number of hydrogen-bond donors (Lipinski definition) is 0. The molecule has 148 valence electrons. The van der Waals surface area contributed by atoms with Crippen LogP contribution in [-0.4, -0.2) is 30.1 Å². The molecule has 4 rings (SSSR count). The first-order chi connectivity index (χ1) is 14.1. The molecule has 0 saturated carbocycles. The largest absolute Gasteiger partial charge is 0.497 e. The van der Waals surface area contributed by atoms with Crippen LogP contribution in [0.4, 0.5) is 11.4 Å². The lowest BCUT2D eigenvalue weighted by Gasteiger charge is -2.30. The van der Waals surface area contributed by atoms with Crippen molar-refractivity contribution in [2.45, 2.75) is 19.3 Å². The summed E-state index contributed by atoms with van der Waals surface area (Å²) in [4.78, 5) is 17.6. The summed E-state index contributed by atoms with van der Waals surface area (Å²) < 4.78 is 5.42. The van der Waals surface area contributed by atoms with Crippen molar-refractivity contribution < 1.29 is 9.66 Å². The molecule has 0 bridgehead atoms. The van der Waals surface area contributed by atoms with Gasteiger partial charge in [-0.25, -0.2) is 4.98 Å². The van der Waals surface area contributed by atoms with E-state index in [0.29, 0.717) is 0 Å². The van der Waals surface area contributed by atoms with E-state index >= 15 is 0 Å². The topological polar surface area (TPSA) is 68.5 Å². The molecule has 3 aromatic rings. The molecule has 2 heterocycles. The second-order valence-electron chi connectivity index (χ2n) is 7.18. The van der Waals surface area contributed by atoms with E-state index in [2.05, 4.69) is 17.0 Å². The van der Waals surface area contributed by atoms with E-state index in [4.69, 9.17) is 9.72 Å². The number of benzene rings is 2. The fourth-order valence-corrected chi connectivity index (χ4v) is 3.70. The lowest BCUT2D eigenvalue weighted by atomic mass is 10.1. The van der Waals surface area contributed by atoms with Crippen molar-refractivity contribution in [3.05, 3.63) is 69.9 Å². The number of aromatic nitrogens is 1. The first-order valence-corrected chi connectivity index (χ1v) is 9.80. The highest BCUT2D eigenvalue weighted by Crippen LogP contribution is 2.32. The number of nitro benzene ring substituents is 1. The first kappa shape index (κ1) is 18.9. The predicted octanol–water partition coefficient (Wildman–Crippen LogP) is 5.31. The normalized spacial score (nSPS) is 14.4. The van der Waals surface area contributed by atoms with Gasteiger partial charge in [-0.15, -0.1) is 0 Å². The summed E-state index contributed by atoms with van der Waals surface area (Å²) in [6, 6.07) is 14.6. The Kier molecular flexibility index (Phi) is 5.42. The molecule has 0 amide bonds. The highest BCUT2D eigenvalue weighted by molar-refractivity contribution is 5.94. The minimum atomic E-state index is -0.391. The Morgan fingerprint density at radius 1 is 1.03 bits per heavy atom. The second kappa shape index (κ2) is 8.31. The van der Waals surface area contributed by atoms with E-state index in [1.54, 1.807) is 19.2 Å². The zero-order chi connectivity index (χ0) is 20.2. The molecule has 6 nitrogen and oxygen atoms in total. The van der Waals surface area contributed by atoms with Crippen LogP contribution in [0, 0.1) is 10.1 Å². The number of nitrogens with zero attached hydrogens (tertiary/aromatic N) is 3. The van der Waals surface area contributed by atoms with Crippen molar-refractivity contribution in [2.75, 3.05) is 25.1 Å². The maximum Gasteiger partial charge on any atom is 0.269 e. The van der Waals surface area contributed by atoms with Gasteiger partial charge in [0.15, 0.2) is 0 Å². The molecule has 0 aliphatic carbocycles. The number of fused-ring (bicyclic) bond motifs is 1. The summed E-state index contributed by atoms with van der Waals surface area (Å²) in [5, 5.41) is 11.9. The Bertz CT molecular complexity index is 1050. The molecule has 0 unspecified atom stereocenters. The zero-order valence-corrected chi connectivity index (χ0v) is 16.4. The van der Waals surface area contributed by atoms with Crippen molar-refractivity contribution in [3.63, 3.8) is 0 Å². The van der Waals surface area contributed by atoms with Gasteiger partial charge in [0.2, 0.25) is 0 Å². The average molecular weight is 389 g/mol. The third kappa shape index (κ3) is 4.21. The van der Waals surface area contributed by atoms with Crippen LogP contribution in [0.3, 0.4) is 0 Å². The number of pyridine rings is 1. The van der Waals surface area contributed by atoms with E-state index in [1.807, 2.05) is 24.3 Å². The van der Waals surface area contributed by atoms with Crippen LogP contribution in [0.2, 0.25) is 0 Å². The Balaban J connectivity index is 1.71. The third-order valence-corrected chi connectivity index (χ3v) is 5.26. The van der Waals surface area contributed by atoms with Gasteiger partial charge in [-0.05, 0) is 67.3 Å². The maximum atomic E-state index is 10.8. The van der Waals surface area contributed by atoms with E-state index in [-0.39, 0.29) is 5.69 Å². The number of hydrogen-bond acceptors (Lipinski definition) is 5. The van der Waals surface area contributed by atoms with Crippen molar-refractivity contribution in [1.82, 2.24) is 4.98 Å². The predicted molar refractivity (Wildman–Crippen MR) is 116 cm³/mol. The molecule has 1 saturated heterocycles. The Hall–Kier alpha value is -3.41. The van der Waals surface area contributed by atoms with Gasteiger partial charge in [0, 0.05) is 36.3 Å². The second-order valence-corrected chi connectivity index (χ2v) is 7.18. The summed E-state index contributed by atoms with van der Waals surface area (Å²) in [5.41, 5.74) is 3.95. The average Bonchev–Trinajstić information content (AvgIpc) is 2.77. The molecule has 1 aliphatic heterocycles. The lowest BCUT2D eigenvalue weighted by Crippen LogP contribution is -2.29. The van der Waals surface area contributed by atoms with Gasteiger partial charge >= 0.3 is 0 Å². The van der Waals surface area contributed by atoms with Crippen LogP contribution >= 0.6 is 0 Å². The number of nitro groups is 1. The van der Waals surface area contributed by atoms with Crippen LogP contribution in [0.15, 0.2) is 48.5 Å². The van der Waals surface area contributed by atoms with Crippen LogP contribution < -0.4 is 9.64 Å². The van der Waals surface area contributed by atoms with Crippen LogP contribution in [0.1, 0.15) is 30.5 Å². The molecule has 0 N–H and O–H groups in total. The van der Waals surface area contributed by atoms with Crippen molar-refractivity contribution in [3.8, 4) is 5.75 Å². The molecule has 0 radical (unpaired) electrons. The molecular weight excluding hydrogens is 366 g/mol. The number of methoxy groups -OCH3 is 1. The highest BCUT2D eigenvalue weighted by Gasteiger charge is 2.15. The van der Waals surface area contributed by atoms with Crippen LogP contribution in [-0.2, 0) is 0 Å². The van der Waals surface area contributed by atoms with E-state index < -0.39 is 4.92 Å². The van der Waals surface area contributed by atoms with Gasteiger partial charge in [0.1, 0.15) is 5.75 Å². The summed E-state index contributed by atoms with van der Waals surface area (Å²) >= 11 is 0. The van der Waals surface area contributed by atoms with Crippen molar-refractivity contribution in [2.24, 2.45) is 0 Å². The fraction of sp³-hybridized carbons (Fsp3) is 0.261. The maximum absolute atomic E-state index is 10.8. The Labute approximate surface area is 169 Å². The van der Waals surface area contributed by atoms with Gasteiger partial charge in [-0.1, -0.05) is 6.08 Å². The minimum Gasteiger partial charge on any atom is -0.497 e. The van der Waals surface area contributed by atoms with Crippen molar-refractivity contribution in [1.29, 1.82) is 0 Å². The molecule has 0 atom stereocenters. The van der Waals surface area contributed by atoms with E-state index in [0.717, 1.165) is 41.0 Å². The molecule has 1 fully saturated rings. The summed E-state index contributed by atoms with van der Waals surface area (Å²) in [6.45, 7) is 2.09. The smallest absolute Gasteiger partial charge is 0.269 e. The summed E-state index contributed by atoms with van der Waals surface area (Å²) in [6.07, 6.45) is 7.55. The molecule has 2 aromatic carbocycles. The van der Waals surface area contributed by atoms with E-state index in [1.165, 1.54) is 37.1 Å². The third-order valence-electron chi connectivity index (χ3n) is 5.26. The van der Waals surface area contributed by atoms with Gasteiger partial charge < -0.3 is 9.64 Å². The Morgan fingerprint density at radius 2 is 1.79 bits per heavy atom. The molecule has 29 heavy (non-hydrogen) atoms. The van der Waals surface area contributed by atoms with Gasteiger partial charge in [0.05, 0.1) is 23.2 Å². The zero-order valence-electron chi connectivity index (χ0n) is 16.4. The highest BCUT2D eigenvalue weighted by atomic mass is 16.6. The molecule has 6 heteroatoms. The van der Waals surface area contributed by atoms with E-state index in [9.17, 15) is 10.1 Å². The monoisotopic (exact) mass is 389 g/mol. The summed E-state index contributed by atoms with van der Waals surface area (Å²) in [7, 11) is 1.68. The minimum absolute atomic E-state index is 0.0901. The van der Waals surface area contributed by atoms with Gasteiger partial charge in [-0.2, -0.15) is 0 Å².